The number of carbonyl (C=O) groups is 1. The molecular formula is C22H28N4O6. The van der Waals surface area contributed by atoms with E-state index in [0.29, 0.717) is 30.3 Å². The molecule has 1 unspecified atom stereocenters. The standard InChI is InChI=1S/C22H28N4O6/c1-4-25-20(23)19(21(28)26(5-2)22(25)29)24-18(27)9-7-14-6-8-16(17(12-14)30-3)32-15-10-11-31-13-15/h6-9,12,15H,4-5,10-11,13,23H2,1-3H3,(H,24,27)/b9-7+. The van der Waals surface area contributed by atoms with E-state index in [0.717, 1.165) is 11.0 Å². The van der Waals surface area contributed by atoms with Crippen LogP contribution in [0, 0.1) is 0 Å². The van der Waals surface area contributed by atoms with Gasteiger partial charge in [-0.05, 0) is 37.6 Å². The highest BCUT2D eigenvalue weighted by Crippen LogP contribution is 2.30. The molecule has 32 heavy (non-hydrogen) atoms. The molecule has 0 saturated carbocycles. The van der Waals surface area contributed by atoms with Gasteiger partial charge in [0, 0.05) is 25.6 Å². The predicted octanol–water partition coefficient (Wildman–Crippen LogP) is 1.46. The normalized spacial score (nSPS) is 15.8. The summed E-state index contributed by atoms with van der Waals surface area (Å²) in [6.07, 6.45) is 3.65. The Bertz CT molecular complexity index is 1130. The molecule has 0 aliphatic carbocycles. The van der Waals surface area contributed by atoms with Crippen molar-refractivity contribution in [2.75, 3.05) is 31.4 Å². The van der Waals surface area contributed by atoms with Crippen LogP contribution in [-0.2, 0) is 22.6 Å². The van der Waals surface area contributed by atoms with Crippen molar-refractivity contribution in [1.82, 2.24) is 9.13 Å². The zero-order valence-corrected chi connectivity index (χ0v) is 18.4. The monoisotopic (exact) mass is 444 g/mol. The van der Waals surface area contributed by atoms with E-state index in [1.807, 2.05) is 0 Å². The Morgan fingerprint density at radius 2 is 2.00 bits per heavy atom. The number of methoxy groups -OCH3 is 1. The second-order valence-corrected chi connectivity index (χ2v) is 7.17. The van der Waals surface area contributed by atoms with E-state index in [9.17, 15) is 14.4 Å². The first-order valence-electron chi connectivity index (χ1n) is 10.4. The van der Waals surface area contributed by atoms with Crippen molar-refractivity contribution in [2.24, 2.45) is 0 Å². The maximum absolute atomic E-state index is 12.6. The second kappa shape index (κ2) is 10.2. The summed E-state index contributed by atoms with van der Waals surface area (Å²) in [7, 11) is 1.54. The minimum Gasteiger partial charge on any atom is -0.493 e. The van der Waals surface area contributed by atoms with Crippen LogP contribution in [0.4, 0.5) is 11.5 Å². The smallest absolute Gasteiger partial charge is 0.332 e. The Morgan fingerprint density at radius 3 is 2.62 bits per heavy atom. The van der Waals surface area contributed by atoms with Crippen LogP contribution in [0.5, 0.6) is 11.5 Å². The number of nitrogens with two attached hydrogens (primary N) is 1. The summed E-state index contributed by atoms with van der Waals surface area (Å²) in [5.41, 5.74) is 5.40. The first-order chi connectivity index (χ1) is 15.4. The highest BCUT2D eigenvalue weighted by Gasteiger charge is 2.19. The molecule has 1 aliphatic heterocycles. The van der Waals surface area contributed by atoms with E-state index in [1.54, 1.807) is 38.1 Å². The van der Waals surface area contributed by atoms with E-state index in [-0.39, 0.29) is 30.7 Å². The Kier molecular flexibility index (Phi) is 7.37. The number of carbonyl (C=O) groups excluding carboxylic acids is 1. The highest BCUT2D eigenvalue weighted by molar-refractivity contribution is 6.03. The Hall–Kier alpha value is -3.53. The van der Waals surface area contributed by atoms with Crippen LogP contribution in [0.15, 0.2) is 33.9 Å². The maximum Gasteiger partial charge on any atom is 0.332 e. The first-order valence-corrected chi connectivity index (χ1v) is 10.4. The number of hydrogen-bond acceptors (Lipinski definition) is 7. The number of nitrogens with zero attached hydrogens (tertiary/aromatic N) is 2. The van der Waals surface area contributed by atoms with E-state index in [4.69, 9.17) is 19.9 Å². The number of amides is 1. The Morgan fingerprint density at radius 1 is 1.25 bits per heavy atom. The van der Waals surface area contributed by atoms with Gasteiger partial charge in [-0.15, -0.1) is 0 Å². The molecule has 1 amide bonds. The predicted molar refractivity (Wildman–Crippen MR) is 121 cm³/mol. The number of nitrogen functional groups attached to an aromatic ring is 1. The van der Waals surface area contributed by atoms with Crippen LogP contribution in [0.1, 0.15) is 25.8 Å². The molecule has 1 aliphatic rings. The van der Waals surface area contributed by atoms with E-state index >= 15 is 0 Å². The number of benzene rings is 1. The summed E-state index contributed by atoms with van der Waals surface area (Å²) in [6.45, 7) is 5.05. The summed E-state index contributed by atoms with van der Waals surface area (Å²) in [6, 6.07) is 5.29. The third-order valence-electron chi connectivity index (χ3n) is 5.14. The third kappa shape index (κ3) is 4.86. The fourth-order valence-corrected chi connectivity index (χ4v) is 3.42. The van der Waals surface area contributed by atoms with Gasteiger partial charge in [0.2, 0.25) is 5.91 Å². The summed E-state index contributed by atoms with van der Waals surface area (Å²) < 4.78 is 18.9. The SMILES string of the molecule is CCn1c(N)c(NC(=O)/C=C/c2ccc(OC3CCOC3)c(OC)c2)c(=O)n(CC)c1=O. The lowest BCUT2D eigenvalue weighted by molar-refractivity contribution is -0.111. The first kappa shape index (κ1) is 23.1. The van der Waals surface area contributed by atoms with E-state index in [2.05, 4.69) is 5.32 Å². The molecule has 2 heterocycles. The van der Waals surface area contributed by atoms with Gasteiger partial charge in [-0.25, -0.2) is 4.79 Å². The molecule has 2 aromatic rings. The number of nitrogens with one attached hydrogen (secondary N) is 1. The Labute approximate surface area is 185 Å². The van der Waals surface area contributed by atoms with Crippen molar-refractivity contribution in [1.29, 1.82) is 0 Å². The molecule has 1 fully saturated rings. The molecule has 0 radical (unpaired) electrons. The lowest BCUT2D eigenvalue weighted by Crippen LogP contribution is -2.42. The van der Waals surface area contributed by atoms with Gasteiger partial charge in [0.25, 0.3) is 5.56 Å². The van der Waals surface area contributed by atoms with Crippen LogP contribution in [-0.4, -0.2) is 41.5 Å². The number of ether oxygens (including phenoxy) is 3. The van der Waals surface area contributed by atoms with Crippen LogP contribution in [0.2, 0.25) is 0 Å². The molecule has 3 rings (SSSR count). The molecule has 0 spiro atoms. The van der Waals surface area contributed by atoms with Crippen molar-refractivity contribution in [3.8, 4) is 11.5 Å². The molecule has 1 aromatic carbocycles. The van der Waals surface area contributed by atoms with Gasteiger partial charge in [0.05, 0.1) is 20.3 Å². The molecule has 10 heteroatoms. The zero-order chi connectivity index (χ0) is 23.3. The lowest BCUT2D eigenvalue weighted by atomic mass is 10.2. The molecule has 1 atom stereocenters. The van der Waals surface area contributed by atoms with Gasteiger partial charge in [0.15, 0.2) is 11.5 Å². The topological polar surface area (TPSA) is 127 Å². The van der Waals surface area contributed by atoms with Crippen molar-refractivity contribution >= 4 is 23.5 Å². The van der Waals surface area contributed by atoms with Gasteiger partial charge in [-0.3, -0.25) is 18.7 Å². The second-order valence-electron chi connectivity index (χ2n) is 7.17. The molecule has 10 nitrogen and oxygen atoms in total. The van der Waals surface area contributed by atoms with Crippen molar-refractivity contribution in [3.05, 3.63) is 50.7 Å². The summed E-state index contributed by atoms with van der Waals surface area (Å²) in [5.74, 6) is 0.497. The highest BCUT2D eigenvalue weighted by atomic mass is 16.6. The minimum atomic E-state index is -0.638. The molecule has 172 valence electrons. The van der Waals surface area contributed by atoms with Gasteiger partial charge in [-0.2, -0.15) is 0 Å². The minimum absolute atomic E-state index is 0.0138. The number of aromatic nitrogens is 2. The van der Waals surface area contributed by atoms with Gasteiger partial charge in [0.1, 0.15) is 17.6 Å². The van der Waals surface area contributed by atoms with E-state index < -0.39 is 17.2 Å². The van der Waals surface area contributed by atoms with Crippen LogP contribution in [0.25, 0.3) is 6.08 Å². The molecule has 1 aromatic heterocycles. The average Bonchev–Trinajstić information content (AvgIpc) is 3.29. The van der Waals surface area contributed by atoms with Crippen LogP contribution in [0.3, 0.4) is 0 Å². The average molecular weight is 444 g/mol. The fraction of sp³-hybridized carbons (Fsp3) is 0.409. The summed E-state index contributed by atoms with van der Waals surface area (Å²) in [5, 5.41) is 2.50. The van der Waals surface area contributed by atoms with Crippen LogP contribution >= 0.6 is 0 Å². The van der Waals surface area contributed by atoms with Crippen molar-refractivity contribution in [2.45, 2.75) is 39.5 Å². The van der Waals surface area contributed by atoms with Gasteiger partial charge >= 0.3 is 5.69 Å². The maximum atomic E-state index is 12.6. The molecule has 0 bridgehead atoms. The van der Waals surface area contributed by atoms with E-state index in [1.165, 1.54) is 17.8 Å². The van der Waals surface area contributed by atoms with Crippen LogP contribution < -0.4 is 31.8 Å². The fourth-order valence-electron chi connectivity index (χ4n) is 3.42. The largest absolute Gasteiger partial charge is 0.493 e. The van der Waals surface area contributed by atoms with Gasteiger partial charge in [-0.1, -0.05) is 6.07 Å². The van der Waals surface area contributed by atoms with Gasteiger partial charge < -0.3 is 25.3 Å². The summed E-state index contributed by atoms with van der Waals surface area (Å²) in [4.78, 5) is 37.3. The molecule has 1 saturated heterocycles. The number of hydrogen-bond donors (Lipinski definition) is 2. The number of anilines is 2. The quantitative estimate of drug-likeness (QED) is 0.590. The van der Waals surface area contributed by atoms with Crippen molar-refractivity contribution in [3.63, 3.8) is 0 Å². The molecule has 3 N–H and O–H groups in total. The Balaban J connectivity index is 1.78. The molecular weight excluding hydrogens is 416 g/mol. The lowest BCUT2D eigenvalue weighted by Gasteiger charge is -2.15. The van der Waals surface area contributed by atoms with Crippen molar-refractivity contribution < 1.29 is 19.0 Å². The number of rotatable bonds is 8. The third-order valence-corrected chi connectivity index (χ3v) is 5.14. The summed E-state index contributed by atoms with van der Waals surface area (Å²) >= 11 is 0. The zero-order valence-electron chi connectivity index (χ0n) is 18.4.